The minimum absolute atomic E-state index is 0.200. The van der Waals surface area contributed by atoms with E-state index in [1.165, 1.54) is 32.1 Å². The van der Waals surface area contributed by atoms with Crippen LogP contribution in [0.3, 0.4) is 0 Å². The summed E-state index contributed by atoms with van der Waals surface area (Å²) in [5.41, 5.74) is 0.200. The van der Waals surface area contributed by atoms with Crippen molar-refractivity contribution in [2.75, 3.05) is 20.2 Å². The van der Waals surface area contributed by atoms with Gasteiger partial charge in [0.2, 0.25) is 0 Å². The van der Waals surface area contributed by atoms with E-state index in [1.54, 1.807) is 0 Å². The predicted octanol–water partition coefficient (Wildman–Crippen LogP) is 2.19. The maximum Gasteiger partial charge on any atom is 0.0928 e. The number of rotatable bonds is 3. The third kappa shape index (κ3) is 2.12. The average Bonchev–Trinajstić information content (AvgIpc) is 2.15. The molecule has 0 radical (unpaired) electrons. The van der Waals surface area contributed by atoms with E-state index < -0.39 is 0 Å². The van der Waals surface area contributed by atoms with E-state index in [0.29, 0.717) is 0 Å². The van der Waals surface area contributed by atoms with Crippen LogP contribution in [-0.4, -0.2) is 25.8 Å². The van der Waals surface area contributed by atoms with Crippen molar-refractivity contribution >= 4 is 0 Å². The van der Waals surface area contributed by atoms with Gasteiger partial charge in [-0.2, -0.15) is 0 Å². The Morgan fingerprint density at radius 1 is 1.21 bits per heavy atom. The van der Waals surface area contributed by atoms with Crippen molar-refractivity contribution < 1.29 is 4.74 Å². The maximum absolute atomic E-state index is 5.64. The average molecular weight is 197 g/mol. The summed E-state index contributed by atoms with van der Waals surface area (Å²) >= 11 is 0. The summed E-state index contributed by atoms with van der Waals surface area (Å²) in [6, 6.07) is 0. The molecule has 1 saturated carbocycles. The number of hydrogen-bond donors (Lipinski definition) is 1. The highest BCUT2D eigenvalue weighted by Gasteiger charge is 2.39. The number of hydrogen-bond acceptors (Lipinski definition) is 2. The molecule has 2 aliphatic rings. The topological polar surface area (TPSA) is 21.3 Å². The summed E-state index contributed by atoms with van der Waals surface area (Å²) in [4.78, 5) is 0. The highest BCUT2D eigenvalue weighted by atomic mass is 16.5. The first-order valence-corrected chi connectivity index (χ1v) is 6.00. The van der Waals surface area contributed by atoms with E-state index in [2.05, 4.69) is 12.2 Å². The third-order valence-electron chi connectivity index (χ3n) is 4.12. The lowest BCUT2D eigenvalue weighted by atomic mass is 9.76. The summed E-state index contributed by atoms with van der Waals surface area (Å²) < 4.78 is 5.64. The quantitative estimate of drug-likeness (QED) is 0.749. The molecule has 0 unspecified atom stereocenters. The second-order valence-electron chi connectivity index (χ2n) is 5.32. The van der Waals surface area contributed by atoms with Gasteiger partial charge in [0.05, 0.1) is 5.60 Å². The summed E-state index contributed by atoms with van der Waals surface area (Å²) in [5.74, 6) is 1.89. The summed E-state index contributed by atoms with van der Waals surface area (Å²) in [5, 5.41) is 3.33. The van der Waals surface area contributed by atoms with Crippen LogP contribution in [0.5, 0.6) is 0 Å². The number of methoxy groups -OCH3 is 1. The van der Waals surface area contributed by atoms with Crippen molar-refractivity contribution in [2.24, 2.45) is 11.8 Å². The molecule has 1 saturated heterocycles. The van der Waals surface area contributed by atoms with E-state index in [4.69, 9.17) is 4.74 Å². The second-order valence-corrected chi connectivity index (χ2v) is 5.32. The largest absolute Gasteiger partial charge is 0.376 e. The number of ether oxygens (including phenoxy) is 1. The van der Waals surface area contributed by atoms with E-state index in [0.717, 1.165) is 24.9 Å². The Kier molecular flexibility index (Phi) is 3.13. The molecule has 1 heterocycles. The van der Waals surface area contributed by atoms with Gasteiger partial charge < -0.3 is 10.1 Å². The van der Waals surface area contributed by atoms with Crippen LogP contribution in [0.1, 0.15) is 39.0 Å². The van der Waals surface area contributed by atoms with Gasteiger partial charge in [-0.05, 0) is 18.3 Å². The summed E-state index contributed by atoms with van der Waals surface area (Å²) in [7, 11) is 1.87. The van der Waals surface area contributed by atoms with Gasteiger partial charge in [-0.15, -0.1) is 0 Å². The first-order valence-electron chi connectivity index (χ1n) is 6.00. The Morgan fingerprint density at radius 2 is 1.86 bits per heavy atom. The van der Waals surface area contributed by atoms with Gasteiger partial charge in [-0.1, -0.05) is 32.6 Å². The van der Waals surface area contributed by atoms with Gasteiger partial charge in [-0.3, -0.25) is 0 Å². The van der Waals surface area contributed by atoms with Crippen LogP contribution >= 0.6 is 0 Å². The molecule has 2 rings (SSSR count). The van der Waals surface area contributed by atoms with Gasteiger partial charge in [0, 0.05) is 20.2 Å². The molecule has 1 aliphatic heterocycles. The highest BCUT2D eigenvalue weighted by Crippen LogP contribution is 2.35. The molecule has 1 N–H and O–H groups in total. The van der Waals surface area contributed by atoms with Crippen molar-refractivity contribution in [3.63, 3.8) is 0 Å². The molecule has 14 heavy (non-hydrogen) atoms. The lowest BCUT2D eigenvalue weighted by Gasteiger charge is -2.44. The van der Waals surface area contributed by atoms with E-state index in [9.17, 15) is 0 Å². The zero-order valence-corrected chi connectivity index (χ0v) is 9.51. The Hall–Kier alpha value is -0.0800. The van der Waals surface area contributed by atoms with Gasteiger partial charge in [-0.25, -0.2) is 0 Å². The minimum Gasteiger partial charge on any atom is -0.376 e. The van der Waals surface area contributed by atoms with Gasteiger partial charge in [0.25, 0.3) is 0 Å². The summed E-state index contributed by atoms with van der Waals surface area (Å²) in [6.45, 7) is 4.51. The molecule has 0 aromatic heterocycles. The molecular formula is C12H23NO. The molecule has 0 amide bonds. The maximum atomic E-state index is 5.64. The Morgan fingerprint density at radius 3 is 2.29 bits per heavy atom. The Bertz CT molecular complexity index is 175. The highest BCUT2D eigenvalue weighted by molar-refractivity contribution is 4.96. The Balaban J connectivity index is 1.79. The standard InChI is InChI=1S/C12H23NO/c1-10-3-5-11(6-4-10)7-12(14-2)8-13-9-12/h10-11,13H,3-9H2,1-2H3. The molecule has 2 fully saturated rings. The molecule has 2 nitrogen and oxygen atoms in total. The molecule has 0 spiro atoms. The monoisotopic (exact) mass is 197 g/mol. The number of nitrogens with one attached hydrogen (secondary N) is 1. The van der Waals surface area contributed by atoms with Crippen LogP contribution in [-0.2, 0) is 4.74 Å². The van der Waals surface area contributed by atoms with Crippen molar-refractivity contribution in [1.82, 2.24) is 5.32 Å². The van der Waals surface area contributed by atoms with Crippen molar-refractivity contribution in [3.8, 4) is 0 Å². The van der Waals surface area contributed by atoms with E-state index in [-0.39, 0.29) is 5.60 Å². The van der Waals surface area contributed by atoms with E-state index in [1.807, 2.05) is 7.11 Å². The normalized spacial score (nSPS) is 36.4. The fraction of sp³-hybridized carbons (Fsp3) is 1.00. The zero-order chi connectivity index (χ0) is 10.0. The SMILES string of the molecule is COC1(CC2CCC(C)CC2)CNC1. The van der Waals surface area contributed by atoms with Crippen molar-refractivity contribution in [2.45, 2.75) is 44.6 Å². The lowest BCUT2D eigenvalue weighted by Crippen LogP contribution is -2.61. The lowest BCUT2D eigenvalue weighted by molar-refractivity contribution is -0.0713. The molecule has 0 aromatic carbocycles. The van der Waals surface area contributed by atoms with Crippen molar-refractivity contribution in [1.29, 1.82) is 0 Å². The second kappa shape index (κ2) is 4.19. The van der Waals surface area contributed by atoms with Crippen LogP contribution in [0.2, 0.25) is 0 Å². The molecular weight excluding hydrogens is 174 g/mol. The predicted molar refractivity (Wildman–Crippen MR) is 58.3 cm³/mol. The zero-order valence-electron chi connectivity index (χ0n) is 9.51. The van der Waals surface area contributed by atoms with Crippen LogP contribution in [0.15, 0.2) is 0 Å². The first kappa shape index (κ1) is 10.4. The van der Waals surface area contributed by atoms with Crippen LogP contribution in [0, 0.1) is 11.8 Å². The molecule has 1 aliphatic carbocycles. The molecule has 0 aromatic rings. The molecule has 0 atom stereocenters. The molecule has 2 heteroatoms. The molecule has 0 bridgehead atoms. The fourth-order valence-corrected chi connectivity index (χ4v) is 2.84. The fourth-order valence-electron chi connectivity index (χ4n) is 2.84. The van der Waals surface area contributed by atoms with Gasteiger partial charge >= 0.3 is 0 Å². The van der Waals surface area contributed by atoms with Gasteiger partial charge in [0.1, 0.15) is 0 Å². The molecule has 82 valence electrons. The smallest absolute Gasteiger partial charge is 0.0928 e. The van der Waals surface area contributed by atoms with Crippen molar-refractivity contribution in [3.05, 3.63) is 0 Å². The van der Waals surface area contributed by atoms with Crippen LogP contribution in [0.25, 0.3) is 0 Å². The first-order chi connectivity index (χ1) is 6.74. The van der Waals surface area contributed by atoms with Crippen LogP contribution < -0.4 is 5.32 Å². The minimum atomic E-state index is 0.200. The third-order valence-corrected chi connectivity index (χ3v) is 4.12. The Labute approximate surface area is 87.4 Å². The van der Waals surface area contributed by atoms with Gasteiger partial charge in [0.15, 0.2) is 0 Å². The summed E-state index contributed by atoms with van der Waals surface area (Å²) in [6.07, 6.45) is 6.98. The van der Waals surface area contributed by atoms with Crippen LogP contribution in [0.4, 0.5) is 0 Å². The van der Waals surface area contributed by atoms with E-state index >= 15 is 0 Å².